The van der Waals surface area contributed by atoms with Crippen molar-refractivity contribution in [2.45, 2.75) is 95.1 Å². The minimum absolute atomic E-state index is 0.335. The van der Waals surface area contributed by atoms with E-state index < -0.39 is 19.1 Å². The molecule has 14 heteroatoms. The highest BCUT2D eigenvalue weighted by Crippen LogP contribution is 2.44. The molecule has 0 unspecified atom stereocenters. The number of benzene rings is 3. The summed E-state index contributed by atoms with van der Waals surface area (Å²) < 4.78 is 55.6. The van der Waals surface area contributed by atoms with Gasteiger partial charge in [-0.3, -0.25) is 4.68 Å². The van der Waals surface area contributed by atoms with Crippen LogP contribution in [0.3, 0.4) is 0 Å². The van der Waals surface area contributed by atoms with Crippen LogP contribution >= 0.6 is 34.0 Å². The molecule has 7 nitrogen and oxygen atoms in total. The summed E-state index contributed by atoms with van der Waals surface area (Å²) in [5.41, 5.74) is 13.5. The topological polar surface area (TPSA) is 58.4 Å². The highest BCUT2D eigenvalue weighted by atomic mass is 32.1. The summed E-state index contributed by atoms with van der Waals surface area (Å²) in [7, 11) is 6.71. The van der Waals surface area contributed by atoms with E-state index in [2.05, 4.69) is 116 Å². The van der Waals surface area contributed by atoms with Gasteiger partial charge in [0.1, 0.15) is 10.7 Å². The predicted octanol–water partition coefficient (Wildman–Crippen LogP) is 17.2. The summed E-state index contributed by atoms with van der Waals surface area (Å²) in [4.78, 5) is 10.8. The summed E-state index contributed by atoms with van der Waals surface area (Å²) in [5.74, 6) is 1.06. The van der Waals surface area contributed by atoms with E-state index in [1.165, 1.54) is 61.6 Å². The molecule has 0 aliphatic rings. The average Bonchev–Trinajstić information content (AvgIpc) is 4.29. The normalized spacial score (nSPS) is 10.9. The summed E-state index contributed by atoms with van der Waals surface area (Å²) >= 11 is 4.39. The second-order valence-electron chi connectivity index (χ2n) is 19.2. The van der Waals surface area contributed by atoms with E-state index in [1.807, 2.05) is 160 Å². The van der Waals surface area contributed by atoms with E-state index in [0.717, 1.165) is 28.3 Å². The summed E-state index contributed by atoms with van der Waals surface area (Å²) in [6.07, 6.45) is 6.90. The summed E-state index contributed by atoms with van der Waals surface area (Å²) in [5, 5.41) is 4.61. The van der Waals surface area contributed by atoms with Crippen LogP contribution in [0.4, 0.5) is 13.2 Å². The van der Waals surface area contributed by atoms with Gasteiger partial charge in [-0.05, 0) is 147 Å². The molecule has 0 aliphatic heterocycles. The molecule has 75 heavy (non-hydrogen) atoms. The first-order chi connectivity index (χ1) is 35.7. The smallest absolute Gasteiger partial charge is 0.355 e. The number of thiophene rings is 3. The molecular weight excluding hydrogens is 1010 g/mol. The number of halogens is 3. The van der Waals surface area contributed by atoms with Gasteiger partial charge < -0.3 is 13.7 Å². The molecule has 0 spiro atoms. The second kappa shape index (κ2) is 28.5. The Morgan fingerprint density at radius 3 is 1.31 bits per heavy atom. The van der Waals surface area contributed by atoms with Crippen molar-refractivity contribution >= 4 is 46.6 Å². The zero-order chi connectivity index (χ0) is 56.5. The molecular formula is C61H76F3N7S3Si. The van der Waals surface area contributed by atoms with Gasteiger partial charge >= 0.3 is 6.18 Å². The number of aromatic nitrogens is 7. The number of nitrogens with zero attached hydrogens (tertiary/aromatic N) is 7. The molecule has 0 atom stereocenters. The van der Waals surface area contributed by atoms with Gasteiger partial charge in [0.05, 0.1) is 15.8 Å². The van der Waals surface area contributed by atoms with Crippen LogP contribution in [-0.4, -0.2) is 41.5 Å². The molecule has 7 heterocycles. The molecule has 0 saturated carbocycles. The van der Waals surface area contributed by atoms with Crippen LogP contribution in [0.25, 0.3) is 31.3 Å². The summed E-state index contributed by atoms with van der Waals surface area (Å²) in [6, 6.07) is 36.3. The third kappa shape index (κ3) is 18.2. The lowest BCUT2D eigenvalue weighted by molar-refractivity contribution is -0.134. The summed E-state index contributed by atoms with van der Waals surface area (Å²) in [6.45, 7) is 27.3. The molecule has 7 aromatic heterocycles. The van der Waals surface area contributed by atoms with E-state index >= 15 is 0 Å². The van der Waals surface area contributed by atoms with Crippen LogP contribution in [-0.2, 0) is 34.4 Å². The van der Waals surface area contributed by atoms with E-state index in [9.17, 15) is 13.2 Å². The number of aryl methyl sites for hydroxylation is 8. The van der Waals surface area contributed by atoms with Crippen molar-refractivity contribution in [1.82, 2.24) is 33.4 Å². The predicted molar refractivity (Wildman–Crippen MR) is 320 cm³/mol. The van der Waals surface area contributed by atoms with Gasteiger partial charge in [-0.1, -0.05) is 111 Å². The van der Waals surface area contributed by atoms with Crippen LogP contribution in [0.2, 0.25) is 19.6 Å². The minimum atomic E-state index is -4.26. The second-order valence-corrected chi connectivity index (χ2v) is 27.5. The van der Waals surface area contributed by atoms with Crippen molar-refractivity contribution in [3.8, 4) is 31.3 Å². The van der Waals surface area contributed by atoms with Crippen LogP contribution in [0.15, 0.2) is 152 Å². The molecule has 0 saturated heterocycles. The maximum absolute atomic E-state index is 12.8. The van der Waals surface area contributed by atoms with E-state index in [-0.39, 0.29) is 0 Å². The van der Waals surface area contributed by atoms with E-state index in [1.54, 1.807) is 41.5 Å². The Morgan fingerprint density at radius 1 is 0.520 bits per heavy atom. The Hall–Kier alpha value is -6.32. The molecule has 0 bridgehead atoms. The fraction of sp³-hybridized carbons (Fsp3) is 0.295. The van der Waals surface area contributed by atoms with Crippen molar-refractivity contribution in [2.24, 2.45) is 28.2 Å². The molecule has 10 rings (SSSR count). The average molecular weight is 1090 g/mol. The Labute approximate surface area is 459 Å². The fourth-order valence-corrected chi connectivity index (χ4v) is 13.1. The molecule has 0 aliphatic carbocycles. The van der Waals surface area contributed by atoms with Crippen molar-refractivity contribution in [3.63, 3.8) is 0 Å². The number of rotatable bonds is 4. The largest absolute Gasteiger partial charge is 0.425 e. The Bertz CT molecular complexity index is 2980. The highest BCUT2D eigenvalue weighted by molar-refractivity contribution is 7.29. The van der Waals surface area contributed by atoms with Gasteiger partial charge in [0.25, 0.3) is 0 Å². The molecule has 0 amide bonds. The van der Waals surface area contributed by atoms with E-state index in [0.29, 0.717) is 21.4 Å². The van der Waals surface area contributed by atoms with E-state index in [4.69, 9.17) is 1.37 Å². The Kier molecular flexibility index (Phi) is 22.7. The first-order valence-corrected chi connectivity index (χ1v) is 30.6. The lowest BCUT2D eigenvalue weighted by Gasteiger charge is -2.14. The van der Waals surface area contributed by atoms with Gasteiger partial charge in [0.15, 0.2) is 0 Å². The highest BCUT2D eigenvalue weighted by Gasteiger charge is 2.36. The molecule has 398 valence electrons. The fourth-order valence-electron chi connectivity index (χ4n) is 7.07. The van der Waals surface area contributed by atoms with Gasteiger partial charge in [-0.15, -0.1) is 34.0 Å². The maximum atomic E-state index is 12.8. The van der Waals surface area contributed by atoms with Gasteiger partial charge in [-0.25, -0.2) is 9.97 Å². The zero-order valence-electron chi connectivity index (χ0n) is 47.8. The van der Waals surface area contributed by atoms with Gasteiger partial charge in [0, 0.05) is 90.9 Å². The van der Waals surface area contributed by atoms with Crippen LogP contribution in [0.5, 0.6) is 0 Å². The lowest BCUT2D eigenvalue weighted by atomic mass is 10.1. The number of hydrogen-bond donors (Lipinski definition) is 0. The molecule has 0 radical (unpaired) electrons. The molecule has 0 N–H and O–H groups in total. The zero-order valence-corrected chi connectivity index (χ0v) is 50.3. The van der Waals surface area contributed by atoms with Crippen molar-refractivity contribution in [1.29, 1.82) is 0 Å². The Morgan fingerprint density at radius 2 is 1.04 bits per heavy atom. The maximum Gasteiger partial charge on any atom is 0.425 e. The van der Waals surface area contributed by atoms with Gasteiger partial charge in [0.2, 0.25) is 0 Å². The Balaban J connectivity index is 0.000000199. The van der Waals surface area contributed by atoms with Crippen molar-refractivity contribution in [3.05, 3.63) is 213 Å². The SMILES string of the molecule is Cc1c(-c2ccccc2)sc(C(F)(F)F)c1C.Cc1c(-c2ccccc2)sc([Si](C)(C)C)c1C.Cc1cccn1C.Cc1ccnn1C.Cc1cncn1C.Cc1nccn1C.[2H]c1sc(-c2ccccc2)c(C)c1C. The number of imidazole rings is 2. The third-order valence-corrected chi connectivity index (χ3v) is 20.3. The molecule has 10 aromatic rings. The first-order valence-electron chi connectivity index (χ1n) is 25.1. The number of alkyl halides is 3. The minimum Gasteiger partial charge on any atom is -0.355 e. The lowest BCUT2D eigenvalue weighted by Crippen LogP contribution is -2.36. The van der Waals surface area contributed by atoms with Crippen molar-refractivity contribution in [2.75, 3.05) is 0 Å². The standard InChI is InChI=1S/C15H20SSi.C13H11F3S.C12H12S.C6H9N.3C5H8N2/c1-11-12(2)15(17(3,4)5)16-14(11)13-9-7-6-8-10-13;1-8-9(2)12(13(14,15)16)17-11(8)10-6-4-3-5-7-10;1-9-8-13-12(10(9)2)11-6-4-3-5-7-11;1-6-4-3-5-7(6)2;1-5-3-6-4-7(5)2;1-5-6-3-4-7(5)2;1-5-3-4-6-7(5)2/h6-10H,1-5H3;3-7H,1-2H3;3-8H,1-2H3;3-5H,1-2H3;3*3-4H,1-2H3/i;;8D;;;;. The van der Waals surface area contributed by atoms with Gasteiger partial charge in [-0.2, -0.15) is 18.3 Å². The third-order valence-electron chi connectivity index (χ3n) is 12.5. The molecule has 3 aromatic carbocycles. The quantitative estimate of drug-likeness (QED) is 0.165. The van der Waals surface area contributed by atoms with Crippen LogP contribution < -0.4 is 4.50 Å². The van der Waals surface area contributed by atoms with Crippen LogP contribution in [0, 0.1) is 69.2 Å². The first kappa shape index (κ1) is 59.6. The number of hydrogen-bond acceptors (Lipinski definition) is 6. The van der Waals surface area contributed by atoms with Crippen LogP contribution in [0.1, 0.15) is 62.5 Å². The monoisotopic (exact) mass is 1090 g/mol. The van der Waals surface area contributed by atoms with Crippen molar-refractivity contribution < 1.29 is 14.5 Å². The molecule has 0 fully saturated rings.